The Hall–Kier alpha value is -2.99. The summed E-state index contributed by atoms with van der Waals surface area (Å²) in [5.74, 6) is -3.65. The lowest BCUT2D eigenvalue weighted by Gasteiger charge is -2.21. The lowest BCUT2D eigenvalue weighted by molar-refractivity contribution is -0.143. The quantitative estimate of drug-likeness (QED) is 0.195. The minimum Gasteiger partial charge on any atom is -0.480 e. The summed E-state index contributed by atoms with van der Waals surface area (Å²) in [5.41, 5.74) is 6.39. The lowest BCUT2D eigenvalue weighted by Crippen LogP contribution is -2.55. The van der Waals surface area contributed by atoms with Gasteiger partial charge in [-0.25, -0.2) is 9.78 Å². The Morgan fingerprint density at radius 2 is 1.93 bits per heavy atom. The normalized spacial score (nSPS) is 14.9. The van der Waals surface area contributed by atoms with Crippen molar-refractivity contribution >= 4 is 23.7 Å². The summed E-state index contributed by atoms with van der Waals surface area (Å²) in [6, 6.07) is -3.38. The van der Waals surface area contributed by atoms with Crippen molar-refractivity contribution in [3.8, 4) is 0 Å². The van der Waals surface area contributed by atoms with Gasteiger partial charge in [0.2, 0.25) is 17.7 Å². The minimum atomic E-state index is -1.31. The fraction of sp³-hybridized carbons (Fsp3) is 0.588. The molecule has 0 aliphatic rings. The molecule has 3 amide bonds. The highest BCUT2D eigenvalue weighted by Gasteiger charge is 2.27. The van der Waals surface area contributed by atoms with Gasteiger partial charge >= 0.3 is 5.97 Å². The molecule has 1 rings (SSSR count). The van der Waals surface area contributed by atoms with Gasteiger partial charge in [0.15, 0.2) is 0 Å². The number of imidazole rings is 1. The average molecular weight is 412 g/mol. The number of amides is 3. The Morgan fingerprint density at radius 1 is 1.24 bits per heavy atom. The van der Waals surface area contributed by atoms with Crippen LogP contribution in [0.1, 0.15) is 26.0 Å². The van der Waals surface area contributed by atoms with Crippen molar-refractivity contribution in [3.05, 3.63) is 18.2 Å². The smallest absolute Gasteiger partial charge is 0.326 e. The van der Waals surface area contributed by atoms with Gasteiger partial charge in [0.1, 0.15) is 12.1 Å². The second kappa shape index (κ2) is 11.8. The lowest BCUT2D eigenvalue weighted by atomic mass is 9.99. The predicted molar refractivity (Wildman–Crippen MR) is 101 cm³/mol. The fourth-order valence-electron chi connectivity index (χ4n) is 2.40. The van der Waals surface area contributed by atoms with Crippen LogP contribution in [0, 0.1) is 5.92 Å². The Balaban J connectivity index is 2.52. The molecule has 0 aliphatic heterocycles. The number of hydrogen-bond donors (Lipinski definition) is 7. The van der Waals surface area contributed by atoms with Gasteiger partial charge in [0.25, 0.3) is 0 Å². The number of aromatic amines is 1. The van der Waals surface area contributed by atoms with E-state index in [0.717, 1.165) is 0 Å². The maximum atomic E-state index is 12.1. The highest BCUT2D eigenvalue weighted by atomic mass is 16.4. The zero-order valence-electron chi connectivity index (χ0n) is 16.3. The van der Waals surface area contributed by atoms with E-state index >= 15 is 0 Å². The number of rotatable bonds is 12. The van der Waals surface area contributed by atoms with Crippen LogP contribution in [-0.4, -0.2) is 75.1 Å². The van der Waals surface area contributed by atoms with E-state index in [2.05, 4.69) is 25.9 Å². The first-order valence-electron chi connectivity index (χ1n) is 9.13. The number of aromatic nitrogens is 2. The van der Waals surface area contributed by atoms with Crippen LogP contribution in [-0.2, 0) is 25.6 Å². The van der Waals surface area contributed by atoms with Gasteiger partial charge in [-0.05, 0) is 5.92 Å². The molecular formula is C17H28N6O6. The number of H-pyrrole nitrogens is 1. The predicted octanol–water partition coefficient (Wildman–Crippen LogP) is -2.51. The first kappa shape index (κ1) is 24.0. The standard InChI is InChI=1S/C17H28N6O6/c1-3-9(2)14(17(28)29)23-13(25)6-20-16(27)12(7-24)22-15(26)11(18)4-10-5-19-8-21-10/h5,8-9,11-12,14,24H,3-4,6-7,18H2,1-2H3,(H,19,21)(H,20,27)(H,22,26)(H,23,25)(H,28,29). The molecule has 0 radical (unpaired) electrons. The number of carbonyl (C=O) groups excluding carboxylic acids is 3. The molecule has 0 aromatic carbocycles. The Kier molecular flexibility index (Phi) is 9.75. The van der Waals surface area contributed by atoms with Gasteiger partial charge < -0.3 is 36.9 Å². The minimum absolute atomic E-state index is 0.153. The van der Waals surface area contributed by atoms with Gasteiger partial charge in [-0.1, -0.05) is 20.3 Å². The highest BCUT2D eigenvalue weighted by Crippen LogP contribution is 2.07. The van der Waals surface area contributed by atoms with Crippen molar-refractivity contribution in [2.24, 2.45) is 11.7 Å². The van der Waals surface area contributed by atoms with Gasteiger partial charge in [-0.2, -0.15) is 0 Å². The Labute approximate surface area is 167 Å². The number of nitrogens with two attached hydrogens (primary N) is 1. The summed E-state index contributed by atoms with van der Waals surface area (Å²) >= 11 is 0. The molecule has 0 bridgehead atoms. The summed E-state index contributed by atoms with van der Waals surface area (Å²) in [6.45, 7) is 2.26. The van der Waals surface area contributed by atoms with E-state index in [9.17, 15) is 24.3 Å². The third-order valence-corrected chi connectivity index (χ3v) is 4.37. The molecular weight excluding hydrogens is 384 g/mol. The van der Waals surface area contributed by atoms with Crippen LogP contribution in [0.3, 0.4) is 0 Å². The summed E-state index contributed by atoms with van der Waals surface area (Å²) < 4.78 is 0. The number of nitrogens with zero attached hydrogens (tertiary/aromatic N) is 1. The molecule has 0 fully saturated rings. The van der Waals surface area contributed by atoms with Crippen LogP contribution in [0.15, 0.2) is 12.5 Å². The molecule has 0 aliphatic carbocycles. The molecule has 8 N–H and O–H groups in total. The SMILES string of the molecule is CCC(C)C(NC(=O)CNC(=O)C(CO)NC(=O)C(N)Cc1cnc[nH]1)C(=O)O. The summed E-state index contributed by atoms with van der Waals surface area (Å²) in [4.78, 5) is 54.0. The molecule has 0 spiro atoms. The number of aliphatic carboxylic acids is 1. The van der Waals surface area contributed by atoms with Crippen LogP contribution >= 0.6 is 0 Å². The van der Waals surface area contributed by atoms with Crippen molar-refractivity contribution in [3.63, 3.8) is 0 Å². The van der Waals surface area contributed by atoms with Crippen LogP contribution in [0.4, 0.5) is 0 Å². The van der Waals surface area contributed by atoms with Crippen LogP contribution < -0.4 is 21.7 Å². The first-order chi connectivity index (χ1) is 13.7. The number of carboxylic acids is 1. The van der Waals surface area contributed by atoms with E-state index in [1.165, 1.54) is 12.5 Å². The number of carbonyl (C=O) groups is 4. The Morgan fingerprint density at radius 3 is 2.45 bits per heavy atom. The van der Waals surface area contributed by atoms with E-state index in [0.29, 0.717) is 12.1 Å². The summed E-state index contributed by atoms with van der Waals surface area (Å²) in [5, 5.41) is 25.4. The zero-order valence-corrected chi connectivity index (χ0v) is 16.3. The first-order valence-corrected chi connectivity index (χ1v) is 9.13. The average Bonchev–Trinajstić information content (AvgIpc) is 3.20. The molecule has 12 nitrogen and oxygen atoms in total. The second-order valence-electron chi connectivity index (χ2n) is 6.62. The monoisotopic (exact) mass is 412 g/mol. The third kappa shape index (κ3) is 7.87. The number of carboxylic acid groups (broad SMARTS) is 1. The molecule has 0 saturated heterocycles. The molecule has 4 atom stereocenters. The van der Waals surface area contributed by atoms with Crippen molar-refractivity contribution in [1.82, 2.24) is 25.9 Å². The van der Waals surface area contributed by atoms with Crippen molar-refractivity contribution in [2.75, 3.05) is 13.2 Å². The molecule has 162 valence electrons. The number of aliphatic hydroxyl groups is 1. The van der Waals surface area contributed by atoms with E-state index in [1.807, 2.05) is 0 Å². The molecule has 1 aromatic rings. The van der Waals surface area contributed by atoms with Crippen molar-refractivity contribution < 1.29 is 29.4 Å². The fourth-order valence-corrected chi connectivity index (χ4v) is 2.40. The Bertz CT molecular complexity index is 695. The maximum absolute atomic E-state index is 12.1. The molecule has 29 heavy (non-hydrogen) atoms. The summed E-state index contributed by atoms with van der Waals surface area (Å²) in [7, 11) is 0. The van der Waals surface area contributed by atoms with Gasteiger partial charge in [-0.3, -0.25) is 14.4 Å². The molecule has 1 heterocycles. The van der Waals surface area contributed by atoms with E-state index in [4.69, 9.17) is 10.8 Å². The second-order valence-corrected chi connectivity index (χ2v) is 6.62. The number of aliphatic hydroxyl groups excluding tert-OH is 1. The topological polar surface area (TPSA) is 200 Å². The van der Waals surface area contributed by atoms with Gasteiger partial charge in [0, 0.05) is 18.3 Å². The van der Waals surface area contributed by atoms with E-state index in [-0.39, 0.29) is 12.3 Å². The van der Waals surface area contributed by atoms with Crippen LogP contribution in [0.5, 0.6) is 0 Å². The van der Waals surface area contributed by atoms with Crippen molar-refractivity contribution in [2.45, 2.75) is 44.8 Å². The molecule has 0 saturated carbocycles. The largest absolute Gasteiger partial charge is 0.480 e. The van der Waals surface area contributed by atoms with Gasteiger partial charge in [0.05, 0.1) is 25.5 Å². The number of hydrogen-bond acceptors (Lipinski definition) is 7. The zero-order chi connectivity index (χ0) is 22.0. The highest BCUT2D eigenvalue weighted by molar-refractivity contribution is 5.92. The molecule has 1 aromatic heterocycles. The number of nitrogens with one attached hydrogen (secondary N) is 4. The summed E-state index contributed by atoms with van der Waals surface area (Å²) in [6.07, 6.45) is 3.64. The van der Waals surface area contributed by atoms with E-state index in [1.54, 1.807) is 13.8 Å². The molecule has 12 heteroatoms. The van der Waals surface area contributed by atoms with Crippen molar-refractivity contribution in [1.29, 1.82) is 0 Å². The van der Waals surface area contributed by atoms with Gasteiger partial charge in [-0.15, -0.1) is 0 Å². The van der Waals surface area contributed by atoms with E-state index < -0.39 is 55.0 Å². The van der Waals surface area contributed by atoms with Crippen LogP contribution in [0.25, 0.3) is 0 Å². The maximum Gasteiger partial charge on any atom is 0.326 e. The third-order valence-electron chi connectivity index (χ3n) is 4.37. The molecule has 4 unspecified atom stereocenters. The van der Waals surface area contributed by atoms with Crippen LogP contribution in [0.2, 0.25) is 0 Å².